The third kappa shape index (κ3) is 5.64. The van der Waals surface area contributed by atoms with Gasteiger partial charge in [0, 0.05) is 22.6 Å². The van der Waals surface area contributed by atoms with E-state index >= 15 is 0 Å². The first kappa shape index (κ1) is 23.9. The minimum atomic E-state index is -0.523. The highest BCUT2D eigenvalue weighted by Crippen LogP contribution is 2.35. The van der Waals surface area contributed by atoms with Gasteiger partial charge in [-0.05, 0) is 62.2 Å². The molecule has 0 saturated heterocycles. The molecule has 33 heavy (non-hydrogen) atoms. The summed E-state index contributed by atoms with van der Waals surface area (Å²) in [4.78, 5) is 12.8. The van der Waals surface area contributed by atoms with Crippen LogP contribution in [0.2, 0.25) is 15.1 Å². The fourth-order valence-corrected chi connectivity index (χ4v) is 4.48. The molecule has 1 fully saturated rings. The molecule has 3 aromatic rings. The Morgan fingerprint density at radius 1 is 1.09 bits per heavy atom. The van der Waals surface area contributed by atoms with E-state index in [1.54, 1.807) is 49.4 Å². The second-order valence-electron chi connectivity index (χ2n) is 7.78. The van der Waals surface area contributed by atoms with Gasteiger partial charge >= 0.3 is 5.97 Å². The number of hydrogen-bond acceptors (Lipinski definition) is 5. The van der Waals surface area contributed by atoms with Crippen LogP contribution in [0.5, 0.6) is 11.6 Å². The highest BCUT2D eigenvalue weighted by molar-refractivity contribution is 6.35. The molecule has 0 radical (unpaired) electrons. The number of benzene rings is 2. The summed E-state index contributed by atoms with van der Waals surface area (Å²) in [5.41, 5.74) is 1.31. The van der Waals surface area contributed by atoms with Gasteiger partial charge in [-0.15, -0.1) is 0 Å². The number of nitrogens with one attached hydrogen (secondary N) is 1. The van der Waals surface area contributed by atoms with Crippen molar-refractivity contribution in [2.24, 2.45) is 0 Å². The third-order valence-corrected chi connectivity index (χ3v) is 6.28. The monoisotopic (exact) mass is 507 g/mol. The van der Waals surface area contributed by atoms with E-state index in [2.05, 4.69) is 10.4 Å². The molecular weight excluding hydrogens is 485 g/mol. The maximum atomic E-state index is 12.8. The van der Waals surface area contributed by atoms with E-state index in [4.69, 9.17) is 44.3 Å². The zero-order chi connectivity index (χ0) is 23.4. The lowest BCUT2D eigenvalue weighted by Crippen LogP contribution is -2.26. The Hall–Kier alpha value is -2.25. The van der Waals surface area contributed by atoms with Crippen LogP contribution in [0.25, 0.3) is 5.69 Å². The van der Waals surface area contributed by atoms with Gasteiger partial charge in [0.25, 0.3) is 0 Å². The van der Waals surface area contributed by atoms with Crippen molar-refractivity contribution in [3.05, 3.63) is 68.8 Å². The Labute approximate surface area is 207 Å². The van der Waals surface area contributed by atoms with Gasteiger partial charge in [0.15, 0.2) is 5.69 Å². The molecule has 174 valence electrons. The summed E-state index contributed by atoms with van der Waals surface area (Å²) in [7, 11) is 0. The number of rotatable bonds is 8. The summed E-state index contributed by atoms with van der Waals surface area (Å²) in [6, 6.07) is 12.4. The summed E-state index contributed by atoms with van der Waals surface area (Å²) in [6.07, 6.45) is 4.57. The first-order valence-corrected chi connectivity index (χ1v) is 12.0. The van der Waals surface area contributed by atoms with E-state index in [1.165, 1.54) is 17.5 Å². The number of ether oxygens (including phenoxy) is 2. The van der Waals surface area contributed by atoms with E-state index in [-0.39, 0.29) is 12.3 Å². The zero-order valence-electron chi connectivity index (χ0n) is 18.1. The maximum absolute atomic E-state index is 12.8. The van der Waals surface area contributed by atoms with Crippen LogP contribution in [-0.4, -0.2) is 28.4 Å². The zero-order valence-corrected chi connectivity index (χ0v) is 20.4. The third-order valence-electron chi connectivity index (χ3n) is 5.49. The van der Waals surface area contributed by atoms with Crippen molar-refractivity contribution in [2.45, 2.75) is 45.2 Å². The topological polar surface area (TPSA) is 65.4 Å². The fraction of sp³-hybridized carbons (Fsp3) is 0.333. The number of esters is 1. The number of hydrogen-bond donors (Lipinski definition) is 1. The molecule has 4 rings (SSSR count). The summed E-state index contributed by atoms with van der Waals surface area (Å²) < 4.78 is 13.1. The van der Waals surface area contributed by atoms with Crippen molar-refractivity contribution in [3.63, 3.8) is 0 Å². The summed E-state index contributed by atoms with van der Waals surface area (Å²) in [5, 5.41) is 9.57. The van der Waals surface area contributed by atoms with Gasteiger partial charge in [-0.25, -0.2) is 4.79 Å². The number of carbonyl (C=O) groups excluding carboxylic acids is 1. The first-order valence-electron chi connectivity index (χ1n) is 10.9. The summed E-state index contributed by atoms with van der Waals surface area (Å²) >= 11 is 18.6. The molecular formula is C24H24Cl3N3O3. The molecule has 1 aliphatic carbocycles. The Bertz CT molecular complexity index is 1130. The normalized spacial score (nSPS) is 13.9. The van der Waals surface area contributed by atoms with Crippen LogP contribution >= 0.6 is 34.8 Å². The van der Waals surface area contributed by atoms with Crippen LogP contribution in [-0.2, 0) is 11.3 Å². The van der Waals surface area contributed by atoms with E-state index in [9.17, 15) is 4.79 Å². The van der Waals surface area contributed by atoms with Crippen molar-refractivity contribution < 1.29 is 14.3 Å². The molecule has 1 N–H and O–H groups in total. The largest absolute Gasteiger partial charge is 0.461 e. The molecule has 1 aliphatic rings. The Kier molecular flexibility index (Phi) is 7.81. The molecule has 1 saturated carbocycles. The molecule has 1 aromatic heterocycles. The first-order chi connectivity index (χ1) is 16.0. The molecule has 2 aromatic carbocycles. The molecule has 6 nitrogen and oxygen atoms in total. The molecule has 0 atom stereocenters. The Morgan fingerprint density at radius 3 is 2.45 bits per heavy atom. The van der Waals surface area contributed by atoms with Crippen LogP contribution in [0, 0.1) is 0 Å². The van der Waals surface area contributed by atoms with Crippen molar-refractivity contribution in [1.29, 1.82) is 0 Å². The van der Waals surface area contributed by atoms with Gasteiger partial charge in [0.1, 0.15) is 5.75 Å². The van der Waals surface area contributed by atoms with Gasteiger partial charge in [-0.2, -0.15) is 9.78 Å². The minimum Gasteiger partial charge on any atom is -0.461 e. The van der Waals surface area contributed by atoms with Gasteiger partial charge in [-0.3, -0.25) is 0 Å². The van der Waals surface area contributed by atoms with Crippen LogP contribution in [0.1, 0.15) is 48.7 Å². The molecule has 9 heteroatoms. The molecule has 0 spiro atoms. The predicted molar refractivity (Wildman–Crippen MR) is 130 cm³/mol. The lowest BCUT2D eigenvalue weighted by molar-refractivity contribution is 0.0517. The van der Waals surface area contributed by atoms with Crippen LogP contribution in [0.3, 0.4) is 0 Å². The van der Waals surface area contributed by atoms with Gasteiger partial charge in [0.05, 0.1) is 22.9 Å². The molecule has 1 heterocycles. The minimum absolute atomic E-state index is 0.178. The fourth-order valence-electron chi connectivity index (χ4n) is 3.87. The average Bonchev–Trinajstić information content (AvgIpc) is 3.42. The number of aromatic nitrogens is 2. The smallest absolute Gasteiger partial charge is 0.359 e. The second-order valence-corrected chi connectivity index (χ2v) is 9.06. The van der Waals surface area contributed by atoms with Gasteiger partial charge in [-0.1, -0.05) is 47.6 Å². The molecule has 0 unspecified atom stereocenters. The van der Waals surface area contributed by atoms with Crippen molar-refractivity contribution in [2.75, 3.05) is 6.61 Å². The van der Waals surface area contributed by atoms with E-state index in [0.29, 0.717) is 50.5 Å². The lowest BCUT2D eigenvalue weighted by Gasteiger charge is -2.15. The molecule has 0 amide bonds. The van der Waals surface area contributed by atoms with E-state index in [0.717, 1.165) is 12.8 Å². The van der Waals surface area contributed by atoms with Gasteiger partial charge in [0.2, 0.25) is 5.88 Å². The van der Waals surface area contributed by atoms with Crippen LogP contribution in [0.15, 0.2) is 42.5 Å². The number of carbonyl (C=O) groups is 1. The number of halogens is 3. The average molecular weight is 509 g/mol. The van der Waals surface area contributed by atoms with Crippen molar-refractivity contribution >= 4 is 40.8 Å². The standard InChI is InChI=1S/C24H24Cl3N3O3/c1-2-32-24(31)22-19(14-28-17-5-3-4-6-17)23(33-18-10-7-15(25)8-11-18)30(29-22)21-12-9-16(26)13-20(21)27/h7-13,17,28H,2-6,14H2,1H3. The Morgan fingerprint density at radius 2 is 1.79 bits per heavy atom. The predicted octanol–water partition coefficient (Wildman–Crippen LogP) is 6.83. The van der Waals surface area contributed by atoms with E-state index < -0.39 is 5.97 Å². The van der Waals surface area contributed by atoms with Gasteiger partial charge < -0.3 is 14.8 Å². The Balaban J connectivity index is 1.82. The quantitative estimate of drug-likeness (QED) is 0.338. The summed E-state index contributed by atoms with van der Waals surface area (Å²) in [6.45, 7) is 2.38. The van der Waals surface area contributed by atoms with Crippen molar-refractivity contribution in [3.8, 4) is 17.3 Å². The van der Waals surface area contributed by atoms with E-state index in [1.807, 2.05) is 0 Å². The molecule has 0 bridgehead atoms. The number of nitrogens with zero attached hydrogens (tertiary/aromatic N) is 2. The highest BCUT2D eigenvalue weighted by Gasteiger charge is 2.28. The summed E-state index contributed by atoms with van der Waals surface area (Å²) in [5.74, 6) is 0.392. The molecule has 0 aliphatic heterocycles. The lowest BCUT2D eigenvalue weighted by atomic mass is 10.2. The SMILES string of the molecule is CCOC(=O)c1nn(-c2ccc(Cl)cc2Cl)c(Oc2ccc(Cl)cc2)c1CNC1CCCC1. The van der Waals surface area contributed by atoms with Crippen molar-refractivity contribution in [1.82, 2.24) is 15.1 Å². The maximum Gasteiger partial charge on any atom is 0.359 e. The second kappa shape index (κ2) is 10.8. The highest BCUT2D eigenvalue weighted by atomic mass is 35.5. The van der Waals surface area contributed by atoms with Crippen LogP contribution in [0.4, 0.5) is 0 Å². The van der Waals surface area contributed by atoms with Crippen LogP contribution < -0.4 is 10.1 Å².